The van der Waals surface area contributed by atoms with Crippen molar-refractivity contribution < 1.29 is 9.53 Å². The maximum atomic E-state index is 12.5. The van der Waals surface area contributed by atoms with Gasteiger partial charge in [0.25, 0.3) is 5.91 Å². The summed E-state index contributed by atoms with van der Waals surface area (Å²) in [4.78, 5) is 17.8. The molecule has 1 aliphatic heterocycles. The number of hydrogen-bond donors (Lipinski definition) is 1. The average Bonchev–Trinajstić information content (AvgIpc) is 2.97. The fourth-order valence-corrected chi connectivity index (χ4v) is 3.55. The van der Waals surface area contributed by atoms with E-state index in [1.54, 1.807) is 0 Å². The molecular formula is C19H17BrN2O2. The molecule has 0 spiro atoms. The molecular weight excluding hydrogens is 368 g/mol. The van der Waals surface area contributed by atoms with Gasteiger partial charge in [0.1, 0.15) is 5.75 Å². The van der Waals surface area contributed by atoms with E-state index in [1.807, 2.05) is 41.3 Å². The number of amides is 1. The van der Waals surface area contributed by atoms with Crippen molar-refractivity contribution in [1.29, 1.82) is 0 Å². The second kappa shape index (κ2) is 6.32. The minimum atomic E-state index is 0.0194. The molecule has 1 N–H and O–H groups in total. The second-order valence-corrected chi connectivity index (χ2v) is 6.85. The van der Waals surface area contributed by atoms with E-state index in [0.717, 1.165) is 23.0 Å². The summed E-state index contributed by atoms with van der Waals surface area (Å²) in [6, 6.07) is 15.8. The van der Waals surface area contributed by atoms with Gasteiger partial charge in [-0.05, 0) is 24.3 Å². The van der Waals surface area contributed by atoms with Crippen LogP contribution in [0.4, 0.5) is 0 Å². The first kappa shape index (κ1) is 15.3. The highest BCUT2D eigenvalue weighted by Crippen LogP contribution is 2.27. The highest BCUT2D eigenvalue weighted by Gasteiger charge is 2.24. The lowest BCUT2D eigenvalue weighted by Crippen LogP contribution is -2.38. The number of benzene rings is 2. The lowest BCUT2D eigenvalue weighted by atomic mass is 10.0. The summed E-state index contributed by atoms with van der Waals surface area (Å²) in [5.74, 6) is 0.716. The van der Waals surface area contributed by atoms with Crippen molar-refractivity contribution in [2.45, 2.75) is 13.0 Å². The maximum Gasteiger partial charge on any atom is 0.260 e. The predicted octanol–water partition coefficient (Wildman–Crippen LogP) is 3.89. The number of aromatic amines is 1. The molecule has 4 nitrogen and oxygen atoms in total. The zero-order valence-electron chi connectivity index (χ0n) is 13.1. The van der Waals surface area contributed by atoms with Crippen LogP contribution in [0.2, 0.25) is 0 Å². The van der Waals surface area contributed by atoms with Crippen LogP contribution < -0.4 is 4.74 Å². The molecule has 0 bridgehead atoms. The number of hydrogen-bond acceptors (Lipinski definition) is 2. The minimum Gasteiger partial charge on any atom is -0.484 e. The van der Waals surface area contributed by atoms with Crippen molar-refractivity contribution in [3.8, 4) is 5.75 Å². The Morgan fingerprint density at radius 3 is 2.96 bits per heavy atom. The number of para-hydroxylation sites is 1. The van der Waals surface area contributed by atoms with Crippen molar-refractivity contribution in [2.75, 3.05) is 13.2 Å². The van der Waals surface area contributed by atoms with Gasteiger partial charge in [-0.2, -0.15) is 0 Å². The lowest BCUT2D eigenvalue weighted by molar-refractivity contribution is -0.134. The molecule has 122 valence electrons. The molecule has 3 aromatic rings. The largest absolute Gasteiger partial charge is 0.484 e. The third-order valence-electron chi connectivity index (χ3n) is 4.39. The van der Waals surface area contributed by atoms with Crippen LogP contribution in [0.5, 0.6) is 5.75 Å². The number of ether oxygens (including phenoxy) is 1. The van der Waals surface area contributed by atoms with Crippen molar-refractivity contribution >= 4 is 32.7 Å². The van der Waals surface area contributed by atoms with Gasteiger partial charge in [-0.1, -0.05) is 40.2 Å². The SMILES string of the molecule is O=C(COc1cccc(Br)c1)N1CCc2[nH]c3ccccc3c2C1. The lowest BCUT2D eigenvalue weighted by Gasteiger charge is -2.27. The standard InChI is InChI=1S/C19H17BrN2O2/c20-13-4-3-5-14(10-13)24-12-19(23)22-9-8-18-16(11-22)15-6-1-2-7-17(15)21-18/h1-7,10,21H,8-9,11-12H2. The number of carbonyl (C=O) groups excluding carboxylic acids is 1. The van der Waals surface area contributed by atoms with E-state index in [2.05, 4.69) is 33.0 Å². The van der Waals surface area contributed by atoms with E-state index < -0.39 is 0 Å². The molecule has 0 fully saturated rings. The van der Waals surface area contributed by atoms with E-state index >= 15 is 0 Å². The Bertz CT molecular complexity index is 903. The minimum absolute atomic E-state index is 0.0194. The molecule has 24 heavy (non-hydrogen) atoms. The summed E-state index contributed by atoms with van der Waals surface area (Å²) in [6.45, 7) is 1.43. The van der Waals surface area contributed by atoms with Gasteiger partial charge in [-0.25, -0.2) is 0 Å². The molecule has 2 heterocycles. The van der Waals surface area contributed by atoms with Crippen LogP contribution in [-0.2, 0) is 17.8 Å². The van der Waals surface area contributed by atoms with Crippen molar-refractivity contribution in [3.63, 3.8) is 0 Å². The smallest absolute Gasteiger partial charge is 0.260 e. The van der Waals surface area contributed by atoms with Crippen LogP contribution >= 0.6 is 15.9 Å². The van der Waals surface area contributed by atoms with Gasteiger partial charge in [-0.3, -0.25) is 4.79 Å². The number of aromatic nitrogens is 1. The van der Waals surface area contributed by atoms with Gasteiger partial charge >= 0.3 is 0 Å². The Kier molecular flexibility index (Phi) is 4.02. The van der Waals surface area contributed by atoms with Crippen LogP contribution in [0.3, 0.4) is 0 Å². The molecule has 1 aliphatic rings. The molecule has 0 aliphatic carbocycles. The van der Waals surface area contributed by atoms with Crippen molar-refractivity contribution in [3.05, 3.63) is 64.3 Å². The number of carbonyl (C=O) groups is 1. The summed E-state index contributed by atoms with van der Waals surface area (Å²) >= 11 is 3.40. The van der Waals surface area contributed by atoms with Gasteiger partial charge in [-0.15, -0.1) is 0 Å². The summed E-state index contributed by atoms with van der Waals surface area (Å²) in [5, 5.41) is 1.21. The van der Waals surface area contributed by atoms with Crippen molar-refractivity contribution in [1.82, 2.24) is 9.88 Å². The second-order valence-electron chi connectivity index (χ2n) is 5.94. The van der Waals surface area contributed by atoms with Crippen LogP contribution in [0, 0.1) is 0 Å². The summed E-state index contributed by atoms with van der Waals surface area (Å²) < 4.78 is 6.57. The third kappa shape index (κ3) is 2.91. The Labute approximate surface area is 148 Å². The summed E-state index contributed by atoms with van der Waals surface area (Å²) in [6.07, 6.45) is 0.854. The quantitative estimate of drug-likeness (QED) is 0.744. The van der Waals surface area contributed by atoms with Crippen molar-refractivity contribution in [2.24, 2.45) is 0 Å². The molecule has 4 rings (SSSR count). The van der Waals surface area contributed by atoms with E-state index in [0.29, 0.717) is 12.3 Å². The first-order valence-electron chi connectivity index (χ1n) is 7.95. The molecule has 1 aromatic heterocycles. The molecule has 1 amide bonds. The Morgan fingerprint density at radius 1 is 1.21 bits per heavy atom. The molecule has 2 aromatic carbocycles. The summed E-state index contributed by atoms with van der Waals surface area (Å²) in [5.41, 5.74) is 3.61. The topological polar surface area (TPSA) is 45.3 Å². The first-order valence-corrected chi connectivity index (χ1v) is 8.74. The third-order valence-corrected chi connectivity index (χ3v) is 4.89. The Morgan fingerprint density at radius 2 is 2.08 bits per heavy atom. The molecule has 5 heteroatoms. The number of nitrogens with zero attached hydrogens (tertiary/aromatic N) is 1. The number of halogens is 1. The van der Waals surface area contributed by atoms with E-state index in [4.69, 9.17) is 4.74 Å². The Balaban J connectivity index is 1.47. The highest BCUT2D eigenvalue weighted by molar-refractivity contribution is 9.10. The van der Waals surface area contributed by atoms with Crippen LogP contribution in [0.1, 0.15) is 11.3 Å². The number of rotatable bonds is 3. The first-order chi connectivity index (χ1) is 11.7. The van der Waals surface area contributed by atoms with Gasteiger partial charge in [0, 0.05) is 46.1 Å². The monoisotopic (exact) mass is 384 g/mol. The molecule has 0 unspecified atom stereocenters. The highest BCUT2D eigenvalue weighted by atomic mass is 79.9. The number of H-pyrrole nitrogens is 1. The van der Waals surface area contributed by atoms with Gasteiger partial charge in [0.2, 0.25) is 0 Å². The van der Waals surface area contributed by atoms with Crippen LogP contribution in [0.15, 0.2) is 53.0 Å². The van der Waals surface area contributed by atoms with E-state index in [1.165, 1.54) is 16.6 Å². The normalized spacial score (nSPS) is 13.8. The van der Waals surface area contributed by atoms with E-state index in [-0.39, 0.29) is 12.5 Å². The fourth-order valence-electron chi connectivity index (χ4n) is 3.17. The molecule has 0 atom stereocenters. The maximum absolute atomic E-state index is 12.5. The average molecular weight is 385 g/mol. The number of fused-ring (bicyclic) bond motifs is 3. The number of nitrogens with one attached hydrogen (secondary N) is 1. The molecule has 0 radical (unpaired) electrons. The Hall–Kier alpha value is -2.27. The predicted molar refractivity (Wildman–Crippen MR) is 97.1 cm³/mol. The summed E-state index contributed by atoms with van der Waals surface area (Å²) in [7, 11) is 0. The fraction of sp³-hybridized carbons (Fsp3) is 0.211. The van der Waals surface area contributed by atoms with Crippen LogP contribution in [0.25, 0.3) is 10.9 Å². The zero-order valence-corrected chi connectivity index (χ0v) is 14.7. The molecule has 0 saturated carbocycles. The van der Waals surface area contributed by atoms with E-state index in [9.17, 15) is 4.79 Å². The van der Waals surface area contributed by atoms with Gasteiger partial charge in [0.15, 0.2) is 6.61 Å². The van der Waals surface area contributed by atoms with Gasteiger partial charge in [0.05, 0.1) is 0 Å². The molecule has 0 saturated heterocycles. The van der Waals surface area contributed by atoms with Crippen LogP contribution in [-0.4, -0.2) is 28.9 Å². The zero-order chi connectivity index (χ0) is 16.5. The van der Waals surface area contributed by atoms with Gasteiger partial charge < -0.3 is 14.6 Å².